The van der Waals surface area contributed by atoms with E-state index in [1.165, 1.54) is 37.8 Å². The van der Waals surface area contributed by atoms with Crippen LogP contribution in [0.15, 0.2) is 24.3 Å². The van der Waals surface area contributed by atoms with Gasteiger partial charge in [-0.05, 0) is 50.4 Å². The Balaban J connectivity index is 1.76. The number of rotatable bonds is 5. The highest BCUT2D eigenvalue weighted by atomic mass is 15.0. The Morgan fingerprint density at radius 2 is 2.37 bits per heavy atom. The summed E-state index contributed by atoms with van der Waals surface area (Å²) in [6.45, 7) is 4.25. The van der Waals surface area contributed by atoms with Gasteiger partial charge in [0.1, 0.15) is 0 Å². The Kier molecular flexibility index (Phi) is 5.38. The molecular formula is C16H23N3. The topological polar surface area (TPSA) is 47.8 Å². The van der Waals surface area contributed by atoms with Crippen molar-refractivity contribution in [2.75, 3.05) is 6.54 Å². The van der Waals surface area contributed by atoms with E-state index in [-0.39, 0.29) is 0 Å². The average molecular weight is 257 g/mol. The maximum atomic E-state index is 8.88. The first-order valence-electron chi connectivity index (χ1n) is 7.24. The molecule has 1 fully saturated rings. The Morgan fingerprint density at radius 1 is 1.47 bits per heavy atom. The first-order valence-corrected chi connectivity index (χ1v) is 7.24. The fraction of sp³-hybridized carbons (Fsp3) is 0.562. The third kappa shape index (κ3) is 4.66. The molecule has 0 bridgehead atoms. The maximum Gasteiger partial charge on any atom is 0.0991 e. The van der Waals surface area contributed by atoms with Gasteiger partial charge in [0.05, 0.1) is 11.6 Å². The van der Waals surface area contributed by atoms with Crippen molar-refractivity contribution in [1.29, 1.82) is 5.26 Å². The molecule has 1 aliphatic heterocycles. The second kappa shape index (κ2) is 7.28. The molecule has 2 unspecified atom stereocenters. The molecule has 1 aromatic carbocycles. The van der Waals surface area contributed by atoms with Gasteiger partial charge in [-0.15, -0.1) is 0 Å². The highest BCUT2D eigenvalue weighted by Gasteiger charge is 2.15. The second-order valence-electron chi connectivity index (χ2n) is 5.48. The molecule has 19 heavy (non-hydrogen) atoms. The van der Waals surface area contributed by atoms with Gasteiger partial charge in [0.2, 0.25) is 0 Å². The van der Waals surface area contributed by atoms with Crippen LogP contribution in [0.4, 0.5) is 0 Å². The van der Waals surface area contributed by atoms with E-state index in [9.17, 15) is 0 Å². The fourth-order valence-electron chi connectivity index (χ4n) is 2.68. The van der Waals surface area contributed by atoms with E-state index in [0.717, 1.165) is 12.1 Å². The largest absolute Gasteiger partial charge is 0.314 e. The summed E-state index contributed by atoms with van der Waals surface area (Å²) < 4.78 is 0. The third-order valence-corrected chi connectivity index (χ3v) is 3.76. The van der Waals surface area contributed by atoms with Crippen molar-refractivity contribution in [1.82, 2.24) is 10.6 Å². The first kappa shape index (κ1) is 14.0. The van der Waals surface area contributed by atoms with Crippen molar-refractivity contribution in [3.05, 3.63) is 35.4 Å². The lowest BCUT2D eigenvalue weighted by Crippen LogP contribution is -2.39. The molecule has 1 heterocycles. The van der Waals surface area contributed by atoms with E-state index >= 15 is 0 Å². The number of benzene rings is 1. The molecule has 3 heteroatoms. The molecule has 2 atom stereocenters. The molecule has 0 radical (unpaired) electrons. The van der Waals surface area contributed by atoms with Gasteiger partial charge in [0, 0.05) is 18.6 Å². The van der Waals surface area contributed by atoms with E-state index in [2.05, 4.69) is 29.7 Å². The summed E-state index contributed by atoms with van der Waals surface area (Å²) in [5.74, 6) is 0. The highest BCUT2D eigenvalue weighted by Crippen LogP contribution is 2.12. The van der Waals surface area contributed by atoms with Crippen LogP contribution in [0.1, 0.15) is 43.7 Å². The number of piperidine rings is 1. The third-order valence-electron chi connectivity index (χ3n) is 3.76. The molecule has 0 spiro atoms. The predicted octanol–water partition coefficient (Wildman–Crippen LogP) is 2.57. The van der Waals surface area contributed by atoms with Gasteiger partial charge in [-0.1, -0.05) is 18.6 Å². The van der Waals surface area contributed by atoms with Crippen LogP contribution >= 0.6 is 0 Å². The molecule has 102 valence electrons. The van der Waals surface area contributed by atoms with E-state index in [1.54, 1.807) is 0 Å². The Morgan fingerprint density at radius 3 is 3.11 bits per heavy atom. The molecule has 0 amide bonds. The molecule has 2 rings (SSSR count). The van der Waals surface area contributed by atoms with Crippen molar-refractivity contribution in [2.45, 2.75) is 51.2 Å². The summed E-state index contributed by atoms with van der Waals surface area (Å²) >= 11 is 0. The lowest BCUT2D eigenvalue weighted by molar-refractivity contribution is 0.344. The molecule has 1 aromatic rings. The number of hydrogen-bond donors (Lipinski definition) is 2. The van der Waals surface area contributed by atoms with Crippen molar-refractivity contribution in [2.24, 2.45) is 0 Å². The van der Waals surface area contributed by atoms with Gasteiger partial charge >= 0.3 is 0 Å². The van der Waals surface area contributed by atoms with Crippen molar-refractivity contribution in [3.63, 3.8) is 0 Å². The Hall–Kier alpha value is -1.37. The Bertz CT molecular complexity index is 430. The molecule has 0 aliphatic carbocycles. The standard InChI is InChI=1S/C16H23N3/c1-13(9-16-7-2-3-8-18-16)19-12-15-6-4-5-14(10-15)11-17/h4-6,10,13,16,18-19H,2-3,7-9,12H2,1H3. The number of hydrogen-bond acceptors (Lipinski definition) is 3. The minimum atomic E-state index is 0.501. The van der Waals surface area contributed by atoms with E-state index in [4.69, 9.17) is 5.26 Å². The monoisotopic (exact) mass is 257 g/mol. The van der Waals surface area contributed by atoms with Crippen LogP contribution < -0.4 is 10.6 Å². The highest BCUT2D eigenvalue weighted by molar-refractivity contribution is 5.32. The zero-order valence-corrected chi connectivity index (χ0v) is 11.7. The zero-order valence-electron chi connectivity index (χ0n) is 11.7. The predicted molar refractivity (Wildman–Crippen MR) is 77.7 cm³/mol. The number of nitrogens with one attached hydrogen (secondary N) is 2. The minimum absolute atomic E-state index is 0.501. The van der Waals surface area contributed by atoms with Crippen molar-refractivity contribution >= 4 is 0 Å². The van der Waals surface area contributed by atoms with Gasteiger partial charge in [0.15, 0.2) is 0 Å². The minimum Gasteiger partial charge on any atom is -0.314 e. The van der Waals surface area contributed by atoms with E-state index < -0.39 is 0 Å². The molecular weight excluding hydrogens is 234 g/mol. The van der Waals surface area contributed by atoms with Crippen molar-refractivity contribution < 1.29 is 0 Å². The van der Waals surface area contributed by atoms with Crippen LogP contribution in [0, 0.1) is 11.3 Å². The van der Waals surface area contributed by atoms with Crippen LogP contribution in [0.25, 0.3) is 0 Å². The first-order chi connectivity index (χ1) is 9.28. The number of nitrogens with zero attached hydrogens (tertiary/aromatic N) is 1. The summed E-state index contributed by atoms with van der Waals surface area (Å²) in [5, 5.41) is 16.0. The zero-order chi connectivity index (χ0) is 13.5. The number of nitriles is 1. The summed E-state index contributed by atoms with van der Waals surface area (Å²) in [4.78, 5) is 0. The fourth-order valence-corrected chi connectivity index (χ4v) is 2.68. The normalized spacial score (nSPS) is 20.7. The molecule has 0 aromatic heterocycles. The average Bonchev–Trinajstić information content (AvgIpc) is 2.46. The van der Waals surface area contributed by atoms with Crippen LogP contribution in [-0.4, -0.2) is 18.6 Å². The Labute approximate surface area is 116 Å². The van der Waals surface area contributed by atoms with Crippen LogP contribution in [-0.2, 0) is 6.54 Å². The summed E-state index contributed by atoms with van der Waals surface area (Å²) in [6, 6.07) is 11.2. The van der Waals surface area contributed by atoms with Crippen LogP contribution in [0.5, 0.6) is 0 Å². The van der Waals surface area contributed by atoms with Gasteiger partial charge in [-0.25, -0.2) is 0 Å². The molecule has 1 aliphatic rings. The van der Waals surface area contributed by atoms with Gasteiger partial charge in [0.25, 0.3) is 0 Å². The van der Waals surface area contributed by atoms with Gasteiger partial charge in [-0.2, -0.15) is 5.26 Å². The quantitative estimate of drug-likeness (QED) is 0.852. The maximum absolute atomic E-state index is 8.88. The van der Waals surface area contributed by atoms with E-state index in [0.29, 0.717) is 12.1 Å². The van der Waals surface area contributed by atoms with Gasteiger partial charge < -0.3 is 10.6 Å². The SMILES string of the molecule is CC(CC1CCCCN1)NCc1cccc(C#N)c1. The lowest BCUT2D eigenvalue weighted by atomic mass is 9.98. The molecule has 3 nitrogen and oxygen atoms in total. The summed E-state index contributed by atoms with van der Waals surface area (Å²) in [7, 11) is 0. The second-order valence-corrected chi connectivity index (χ2v) is 5.48. The van der Waals surface area contributed by atoms with Gasteiger partial charge in [-0.3, -0.25) is 0 Å². The summed E-state index contributed by atoms with van der Waals surface area (Å²) in [6.07, 6.45) is 5.15. The van der Waals surface area contributed by atoms with Crippen LogP contribution in [0.2, 0.25) is 0 Å². The van der Waals surface area contributed by atoms with E-state index in [1.807, 2.05) is 18.2 Å². The lowest BCUT2D eigenvalue weighted by Gasteiger charge is -2.26. The van der Waals surface area contributed by atoms with Crippen molar-refractivity contribution in [3.8, 4) is 6.07 Å². The summed E-state index contributed by atoms with van der Waals surface area (Å²) in [5.41, 5.74) is 1.92. The molecule has 1 saturated heterocycles. The smallest absolute Gasteiger partial charge is 0.0991 e. The van der Waals surface area contributed by atoms with Crippen LogP contribution in [0.3, 0.4) is 0 Å². The molecule has 0 saturated carbocycles. The molecule has 2 N–H and O–H groups in total.